The van der Waals surface area contributed by atoms with Crippen molar-refractivity contribution in [3.05, 3.63) is 29.8 Å². The molecule has 0 aliphatic carbocycles. The molecular weight excluding hydrogens is 293 g/mol. The lowest BCUT2D eigenvalue weighted by Gasteiger charge is -2.24. The van der Waals surface area contributed by atoms with Crippen LogP contribution < -0.4 is 10.0 Å². The third-order valence-corrected chi connectivity index (χ3v) is 4.68. The minimum absolute atomic E-state index is 0.380. The largest absolute Gasteiger partial charge is 0.417 e. The van der Waals surface area contributed by atoms with Crippen molar-refractivity contribution >= 4 is 10.0 Å². The number of nitrogens with one attached hydrogen (secondary N) is 2. The van der Waals surface area contributed by atoms with Crippen LogP contribution in [0.5, 0.6) is 0 Å². The molecule has 20 heavy (non-hydrogen) atoms. The van der Waals surface area contributed by atoms with E-state index in [-0.39, 0.29) is 6.04 Å². The molecule has 8 heteroatoms. The van der Waals surface area contributed by atoms with E-state index in [1.54, 1.807) is 0 Å². The van der Waals surface area contributed by atoms with Gasteiger partial charge in [0.25, 0.3) is 0 Å². The molecule has 4 nitrogen and oxygen atoms in total. The van der Waals surface area contributed by atoms with E-state index in [1.165, 1.54) is 12.1 Å². The Labute approximate surface area is 115 Å². The molecule has 0 radical (unpaired) electrons. The summed E-state index contributed by atoms with van der Waals surface area (Å²) in [5.41, 5.74) is -1.14. The first-order valence-electron chi connectivity index (χ1n) is 6.20. The molecule has 1 heterocycles. The maximum Gasteiger partial charge on any atom is 0.417 e. The van der Waals surface area contributed by atoms with E-state index in [0.717, 1.165) is 25.1 Å². The average molecular weight is 308 g/mol. The minimum atomic E-state index is -4.70. The summed E-state index contributed by atoms with van der Waals surface area (Å²) in [6, 6.07) is 3.82. The molecule has 0 saturated carbocycles. The van der Waals surface area contributed by atoms with Gasteiger partial charge < -0.3 is 5.32 Å². The van der Waals surface area contributed by atoms with Gasteiger partial charge in [0.1, 0.15) is 0 Å². The molecule has 1 aromatic carbocycles. The Bertz CT molecular complexity index is 566. The molecule has 1 fully saturated rings. The third kappa shape index (κ3) is 3.50. The summed E-state index contributed by atoms with van der Waals surface area (Å²) in [6.07, 6.45) is -3.30. The second-order valence-electron chi connectivity index (χ2n) is 4.66. The van der Waals surface area contributed by atoms with Gasteiger partial charge in [-0.3, -0.25) is 0 Å². The molecule has 1 aliphatic heterocycles. The highest BCUT2D eigenvalue weighted by Gasteiger charge is 2.37. The Kier molecular flexibility index (Phi) is 4.36. The summed E-state index contributed by atoms with van der Waals surface area (Å²) >= 11 is 0. The predicted octanol–water partition coefficient (Wildman–Crippen LogP) is 1.74. The van der Waals surface area contributed by atoms with Gasteiger partial charge in [-0.15, -0.1) is 0 Å². The van der Waals surface area contributed by atoms with Crippen LogP contribution in [0.25, 0.3) is 0 Å². The van der Waals surface area contributed by atoms with Gasteiger partial charge in [-0.05, 0) is 31.5 Å². The number of piperidine rings is 1. The van der Waals surface area contributed by atoms with Crippen molar-refractivity contribution in [2.24, 2.45) is 0 Å². The first-order valence-corrected chi connectivity index (χ1v) is 7.68. The first-order chi connectivity index (χ1) is 9.31. The number of hydrogen-bond donors (Lipinski definition) is 2. The second kappa shape index (κ2) is 5.71. The van der Waals surface area contributed by atoms with Gasteiger partial charge in [-0.25, -0.2) is 13.1 Å². The van der Waals surface area contributed by atoms with E-state index < -0.39 is 26.7 Å². The SMILES string of the molecule is O=S(=O)(NC1CCCNC1)c1ccccc1C(F)(F)F. The molecule has 1 aromatic rings. The summed E-state index contributed by atoms with van der Waals surface area (Å²) in [5.74, 6) is 0. The van der Waals surface area contributed by atoms with E-state index in [2.05, 4.69) is 10.0 Å². The molecule has 1 saturated heterocycles. The maximum absolute atomic E-state index is 12.9. The molecule has 0 spiro atoms. The quantitative estimate of drug-likeness (QED) is 0.894. The van der Waals surface area contributed by atoms with Crippen molar-refractivity contribution < 1.29 is 21.6 Å². The predicted molar refractivity (Wildman–Crippen MR) is 67.7 cm³/mol. The van der Waals surface area contributed by atoms with Crippen LogP contribution in [0.4, 0.5) is 13.2 Å². The molecule has 2 rings (SSSR count). The number of sulfonamides is 1. The Morgan fingerprint density at radius 1 is 1.25 bits per heavy atom. The monoisotopic (exact) mass is 308 g/mol. The highest BCUT2D eigenvalue weighted by molar-refractivity contribution is 7.89. The molecule has 1 unspecified atom stereocenters. The number of benzene rings is 1. The van der Waals surface area contributed by atoms with Crippen LogP contribution in [-0.4, -0.2) is 27.5 Å². The zero-order chi connectivity index (χ0) is 14.8. The molecule has 1 atom stereocenters. The summed E-state index contributed by atoms with van der Waals surface area (Å²) < 4.78 is 65.1. The first kappa shape index (κ1) is 15.3. The Balaban J connectivity index is 2.29. The molecular formula is C12H15F3N2O2S. The molecule has 0 bridgehead atoms. The van der Waals surface area contributed by atoms with Gasteiger partial charge in [0.15, 0.2) is 0 Å². The standard InChI is InChI=1S/C12H15F3N2O2S/c13-12(14,15)10-5-1-2-6-11(10)20(18,19)17-9-4-3-7-16-8-9/h1-2,5-6,9,16-17H,3-4,7-8H2. The van der Waals surface area contributed by atoms with Crippen LogP contribution in [-0.2, 0) is 16.2 Å². The average Bonchev–Trinajstić information content (AvgIpc) is 2.38. The number of alkyl halides is 3. The fraction of sp³-hybridized carbons (Fsp3) is 0.500. The normalized spacial score (nSPS) is 20.9. The Morgan fingerprint density at radius 3 is 2.55 bits per heavy atom. The van der Waals surface area contributed by atoms with Crippen molar-refractivity contribution in [2.75, 3.05) is 13.1 Å². The summed E-state index contributed by atoms with van der Waals surface area (Å²) in [7, 11) is -4.18. The zero-order valence-corrected chi connectivity index (χ0v) is 11.4. The van der Waals surface area contributed by atoms with Crippen LogP contribution in [0, 0.1) is 0 Å². The van der Waals surface area contributed by atoms with Crippen LogP contribution in [0.15, 0.2) is 29.2 Å². The lowest BCUT2D eigenvalue weighted by Crippen LogP contribution is -2.45. The highest BCUT2D eigenvalue weighted by Crippen LogP contribution is 2.33. The summed E-state index contributed by atoms with van der Waals surface area (Å²) in [4.78, 5) is -0.724. The van der Waals surface area contributed by atoms with Crippen molar-refractivity contribution in [3.8, 4) is 0 Å². The van der Waals surface area contributed by atoms with E-state index in [1.807, 2.05) is 0 Å². The van der Waals surface area contributed by atoms with Crippen LogP contribution in [0.1, 0.15) is 18.4 Å². The molecule has 0 amide bonds. The minimum Gasteiger partial charge on any atom is -0.315 e. The van der Waals surface area contributed by atoms with E-state index in [9.17, 15) is 21.6 Å². The summed E-state index contributed by atoms with van der Waals surface area (Å²) in [5, 5.41) is 3.00. The topological polar surface area (TPSA) is 58.2 Å². The van der Waals surface area contributed by atoms with E-state index >= 15 is 0 Å². The number of hydrogen-bond acceptors (Lipinski definition) is 3. The Morgan fingerprint density at radius 2 is 1.95 bits per heavy atom. The van der Waals surface area contributed by atoms with Crippen molar-refractivity contribution in [1.29, 1.82) is 0 Å². The smallest absolute Gasteiger partial charge is 0.315 e. The van der Waals surface area contributed by atoms with Crippen molar-refractivity contribution in [2.45, 2.75) is 30.0 Å². The maximum atomic E-state index is 12.9. The van der Waals surface area contributed by atoms with E-state index in [4.69, 9.17) is 0 Å². The summed E-state index contributed by atoms with van der Waals surface area (Å²) in [6.45, 7) is 1.21. The molecule has 0 aromatic heterocycles. The third-order valence-electron chi connectivity index (χ3n) is 3.10. The lowest BCUT2D eigenvalue weighted by molar-refractivity contribution is -0.139. The van der Waals surface area contributed by atoms with Gasteiger partial charge >= 0.3 is 6.18 Å². The van der Waals surface area contributed by atoms with Crippen molar-refractivity contribution in [1.82, 2.24) is 10.0 Å². The van der Waals surface area contributed by atoms with Crippen LogP contribution in [0.2, 0.25) is 0 Å². The number of rotatable bonds is 3. The molecule has 1 aliphatic rings. The van der Waals surface area contributed by atoms with Gasteiger partial charge in [0.05, 0.1) is 10.5 Å². The van der Waals surface area contributed by atoms with Crippen LogP contribution >= 0.6 is 0 Å². The lowest BCUT2D eigenvalue weighted by atomic mass is 10.1. The molecule has 112 valence electrons. The van der Waals surface area contributed by atoms with Gasteiger partial charge in [0, 0.05) is 12.6 Å². The van der Waals surface area contributed by atoms with Gasteiger partial charge in [-0.1, -0.05) is 12.1 Å². The highest BCUT2D eigenvalue weighted by atomic mass is 32.2. The molecule has 2 N–H and O–H groups in total. The number of halogens is 3. The fourth-order valence-electron chi connectivity index (χ4n) is 2.17. The van der Waals surface area contributed by atoms with Crippen molar-refractivity contribution in [3.63, 3.8) is 0 Å². The van der Waals surface area contributed by atoms with Gasteiger partial charge in [-0.2, -0.15) is 13.2 Å². The zero-order valence-electron chi connectivity index (χ0n) is 10.6. The second-order valence-corrected chi connectivity index (χ2v) is 6.34. The van der Waals surface area contributed by atoms with Gasteiger partial charge in [0.2, 0.25) is 10.0 Å². The van der Waals surface area contributed by atoms with E-state index in [0.29, 0.717) is 13.0 Å². The fourth-order valence-corrected chi connectivity index (χ4v) is 3.67. The Hall–Kier alpha value is -1.12. The van der Waals surface area contributed by atoms with Crippen LogP contribution in [0.3, 0.4) is 0 Å².